The van der Waals surface area contributed by atoms with Gasteiger partial charge in [0.05, 0.1) is 32.1 Å². The van der Waals surface area contributed by atoms with E-state index >= 15 is 8.78 Å². The average molecular weight is 1030 g/mol. The van der Waals surface area contributed by atoms with Gasteiger partial charge >= 0.3 is 12.2 Å². The second-order valence-corrected chi connectivity index (χ2v) is 21.0. The van der Waals surface area contributed by atoms with Crippen molar-refractivity contribution in [3.8, 4) is 23.1 Å². The number of piperazine rings is 1. The third-order valence-corrected chi connectivity index (χ3v) is 13.2. The number of rotatable bonds is 16. The summed E-state index contributed by atoms with van der Waals surface area (Å²) in [5.41, 5.74) is 3.02. The molecule has 5 heterocycles. The van der Waals surface area contributed by atoms with E-state index in [4.69, 9.17) is 14.5 Å². The largest absolute Gasteiger partial charge is 0.453 e. The SMILES string of the molecule is COC(=O)NC(C(=O)N[C@@H](Cc1ccc(C#Cc2ccc(N3CC4CCC(C3)N4c3ncccn3)nc2)cc1)[C@@H](O)CN(Cc1c(F)cc(-c2ccn(C)n2)cc1F)NC(=O)[C@@H](NC(=O)OC)C(C)(C)C)C(C)(C)C. The highest BCUT2D eigenvalue weighted by Crippen LogP contribution is 2.34. The van der Waals surface area contributed by atoms with Gasteiger partial charge in [-0.05, 0) is 84.2 Å². The first-order valence-corrected chi connectivity index (χ1v) is 24.7. The highest BCUT2D eigenvalue weighted by atomic mass is 19.1. The van der Waals surface area contributed by atoms with E-state index in [0.29, 0.717) is 28.9 Å². The maximum atomic E-state index is 16.0. The quantitative estimate of drug-likeness (QED) is 0.0628. The number of methoxy groups -OCH3 is 2. The fourth-order valence-corrected chi connectivity index (χ4v) is 9.25. The molecule has 21 heteroatoms. The number of amides is 4. The number of pyridine rings is 1. The number of nitrogens with one attached hydrogen (secondary N) is 4. The molecule has 19 nitrogen and oxygen atoms in total. The minimum atomic E-state index is -1.56. The number of carbonyl (C=O) groups is 4. The summed E-state index contributed by atoms with van der Waals surface area (Å²) in [5.74, 6) is 4.64. The molecular weight excluding hydrogens is 967 g/mol. The van der Waals surface area contributed by atoms with E-state index in [2.05, 4.69) is 58.1 Å². The fourth-order valence-electron chi connectivity index (χ4n) is 9.25. The van der Waals surface area contributed by atoms with Crippen molar-refractivity contribution in [1.82, 2.24) is 51.1 Å². The zero-order chi connectivity index (χ0) is 54.2. The van der Waals surface area contributed by atoms with Crippen LogP contribution in [-0.2, 0) is 39.1 Å². The summed E-state index contributed by atoms with van der Waals surface area (Å²) in [4.78, 5) is 71.6. The van der Waals surface area contributed by atoms with Crippen LogP contribution >= 0.6 is 0 Å². The number of benzene rings is 2. The number of aromatic nitrogens is 5. The molecule has 2 bridgehead atoms. The molecule has 0 saturated carbocycles. The predicted molar refractivity (Wildman–Crippen MR) is 277 cm³/mol. The molecule has 0 spiro atoms. The minimum absolute atomic E-state index is 0.00717. The zero-order valence-electron chi connectivity index (χ0n) is 43.7. The molecule has 398 valence electrons. The molecule has 2 aliphatic rings. The topological polar surface area (TPSA) is 221 Å². The third kappa shape index (κ3) is 14.1. The Kier molecular flexibility index (Phi) is 17.4. The summed E-state index contributed by atoms with van der Waals surface area (Å²) >= 11 is 0. The highest BCUT2D eigenvalue weighted by molar-refractivity contribution is 5.87. The van der Waals surface area contributed by atoms with E-state index in [9.17, 15) is 24.3 Å². The summed E-state index contributed by atoms with van der Waals surface area (Å²) in [6, 6.07) is 13.8. The molecule has 3 unspecified atom stereocenters. The number of ether oxygens (including phenoxy) is 2. The van der Waals surface area contributed by atoms with E-state index in [1.807, 2.05) is 18.2 Å². The Labute approximate surface area is 435 Å². The van der Waals surface area contributed by atoms with Crippen LogP contribution in [0.4, 0.5) is 30.1 Å². The Bertz CT molecular complexity index is 2830. The van der Waals surface area contributed by atoms with Gasteiger partial charge in [-0.3, -0.25) is 19.7 Å². The van der Waals surface area contributed by atoms with Crippen molar-refractivity contribution in [2.75, 3.05) is 43.7 Å². The van der Waals surface area contributed by atoms with Crippen molar-refractivity contribution in [1.29, 1.82) is 0 Å². The number of alkyl carbamates (subject to hydrolysis) is 2. The molecular formula is C54H66F2N12O7. The number of aliphatic hydroxyl groups is 1. The van der Waals surface area contributed by atoms with Gasteiger partial charge in [0.25, 0.3) is 5.91 Å². The highest BCUT2D eigenvalue weighted by Gasteiger charge is 2.42. The number of nitrogens with zero attached hydrogens (tertiary/aromatic N) is 8. The van der Waals surface area contributed by atoms with E-state index in [1.165, 1.54) is 11.8 Å². The zero-order valence-corrected chi connectivity index (χ0v) is 43.7. The third-order valence-electron chi connectivity index (χ3n) is 13.2. The number of hydrogen-bond donors (Lipinski definition) is 5. The summed E-state index contributed by atoms with van der Waals surface area (Å²) in [7, 11) is 3.98. The van der Waals surface area contributed by atoms with Gasteiger partial charge in [0.15, 0.2) is 0 Å². The molecule has 5 aromatic rings. The fraction of sp³-hybridized carbons (Fsp3) is 0.444. The molecule has 2 fully saturated rings. The number of aliphatic hydroxyl groups excluding tert-OH is 1. The summed E-state index contributed by atoms with van der Waals surface area (Å²) in [5, 5.41) is 25.6. The Balaban J connectivity index is 1.12. The molecule has 6 atom stereocenters. The smallest absolute Gasteiger partial charge is 0.407 e. The normalized spacial score (nSPS) is 17.0. The van der Waals surface area contributed by atoms with Crippen LogP contribution in [-0.4, -0.2) is 129 Å². The molecule has 75 heavy (non-hydrogen) atoms. The molecule has 5 N–H and O–H groups in total. The molecule has 3 aromatic heterocycles. The molecule has 0 aliphatic carbocycles. The Hall–Kier alpha value is -7.70. The van der Waals surface area contributed by atoms with Gasteiger partial charge in [-0.25, -0.2) is 38.3 Å². The van der Waals surface area contributed by atoms with Gasteiger partial charge in [0, 0.05) is 92.4 Å². The van der Waals surface area contributed by atoms with Crippen LogP contribution in [0, 0.1) is 34.3 Å². The number of carbonyl (C=O) groups excluding carboxylic acids is 4. The second-order valence-electron chi connectivity index (χ2n) is 21.0. The van der Waals surface area contributed by atoms with Crippen molar-refractivity contribution >= 4 is 35.8 Å². The predicted octanol–water partition coefficient (Wildman–Crippen LogP) is 5.27. The lowest BCUT2D eigenvalue weighted by Gasteiger charge is -2.41. The van der Waals surface area contributed by atoms with Crippen LogP contribution in [0.25, 0.3) is 11.3 Å². The standard InChI is InChI=1S/C54H66F2N12O7/c1-53(2,3)46(61-51(72)74-8)48(70)60-43(25-34-14-11-33(12-15-34)13-16-35-17-20-45(59-28-35)66-29-37-18-19-38(30-66)68(37)50-57-22-10-23-58-50)44(69)32-67(64-49(71)47(54(4,5)6)62-52(73)75-9)31-39-40(55)26-36(27-41(39)56)42-21-24-65(7)63-42/h10-12,14-15,17,20-24,26-28,37-38,43-44,46-47,69H,18-19,25,29-32H2,1-9H3,(H,60,70)(H,61,72)(H,62,73)(H,64,71)/t37?,38?,43-,44-,46?,47+/m0/s1. The first-order chi connectivity index (χ1) is 35.6. The van der Waals surface area contributed by atoms with Gasteiger partial charge < -0.3 is 40.3 Å². The Morgan fingerprint density at radius 3 is 1.91 bits per heavy atom. The minimum Gasteiger partial charge on any atom is -0.453 e. The van der Waals surface area contributed by atoms with Crippen molar-refractivity contribution in [3.63, 3.8) is 0 Å². The maximum absolute atomic E-state index is 16.0. The maximum Gasteiger partial charge on any atom is 0.407 e. The molecule has 2 aliphatic heterocycles. The van der Waals surface area contributed by atoms with Gasteiger partial charge in [-0.1, -0.05) is 65.5 Å². The van der Waals surface area contributed by atoms with E-state index in [-0.39, 0.29) is 12.0 Å². The molecule has 4 amide bonds. The van der Waals surface area contributed by atoms with Crippen molar-refractivity contribution in [2.45, 2.75) is 104 Å². The van der Waals surface area contributed by atoms with Gasteiger partial charge in [0.2, 0.25) is 11.9 Å². The van der Waals surface area contributed by atoms with Gasteiger partial charge in [0.1, 0.15) is 29.5 Å². The van der Waals surface area contributed by atoms with Crippen molar-refractivity contribution in [2.24, 2.45) is 17.9 Å². The lowest BCUT2D eigenvalue weighted by atomic mass is 9.85. The first-order valence-electron chi connectivity index (χ1n) is 24.7. The van der Waals surface area contributed by atoms with E-state index in [0.717, 1.165) is 67.5 Å². The van der Waals surface area contributed by atoms with Crippen molar-refractivity contribution < 1.29 is 42.5 Å². The van der Waals surface area contributed by atoms with Gasteiger partial charge in [-0.15, -0.1) is 0 Å². The average Bonchev–Trinajstić information content (AvgIpc) is 3.93. The molecule has 2 aromatic carbocycles. The number of hydrazine groups is 1. The van der Waals surface area contributed by atoms with Crippen LogP contribution in [0.1, 0.15) is 76.6 Å². The second kappa shape index (κ2) is 23.7. The number of fused-ring (bicyclic) bond motifs is 2. The van der Waals surface area contributed by atoms with Crippen molar-refractivity contribution in [3.05, 3.63) is 119 Å². The van der Waals surface area contributed by atoms with Crippen LogP contribution < -0.4 is 31.2 Å². The van der Waals surface area contributed by atoms with E-state index < -0.39 is 89.3 Å². The Morgan fingerprint density at radius 1 is 0.800 bits per heavy atom. The summed E-state index contributed by atoms with van der Waals surface area (Å²) in [6.07, 6.45) is 5.76. The monoisotopic (exact) mass is 1030 g/mol. The molecule has 7 rings (SSSR count). The lowest BCUT2D eigenvalue weighted by molar-refractivity contribution is -0.132. The van der Waals surface area contributed by atoms with Crippen LogP contribution in [0.15, 0.2) is 85.5 Å². The Morgan fingerprint density at radius 2 is 1.37 bits per heavy atom. The first kappa shape index (κ1) is 55.1. The molecule has 0 radical (unpaired) electrons. The number of anilines is 2. The number of halogens is 2. The van der Waals surface area contributed by atoms with Crippen LogP contribution in [0.5, 0.6) is 0 Å². The summed E-state index contributed by atoms with van der Waals surface area (Å²) < 4.78 is 43.2. The van der Waals surface area contributed by atoms with Crippen LogP contribution in [0.3, 0.4) is 0 Å². The number of hydrogen-bond acceptors (Lipinski definition) is 14. The number of aryl methyl sites for hydroxylation is 1. The van der Waals surface area contributed by atoms with Crippen LogP contribution in [0.2, 0.25) is 0 Å². The molecule has 2 saturated heterocycles. The summed E-state index contributed by atoms with van der Waals surface area (Å²) in [6.45, 7) is 10.8. The lowest BCUT2D eigenvalue weighted by Crippen LogP contribution is -2.61. The van der Waals surface area contributed by atoms with E-state index in [1.54, 1.807) is 104 Å². The van der Waals surface area contributed by atoms with Gasteiger partial charge in [-0.2, -0.15) is 5.10 Å².